The third kappa shape index (κ3) is 0.914. The number of aromatic nitrogens is 1. The van der Waals surface area contributed by atoms with E-state index in [0.717, 1.165) is 11.3 Å². The van der Waals surface area contributed by atoms with E-state index < -0.39 is 5.97 Å². The fraction of sp³-hybridized carbons (Fsp3) is 0.286. The normalized spacial score (nSPS) is 14.9. The molecule has 0 atom stereocenters. The van der Waals surface area contributed by atoms with Gasteiger partial charge in [-0.05, 0) is 6.07 Å². The van der Waals surface area contributed by atoms with Crippen LogP contribution in [0.1, 0.15) is 21.7 Å². The highest BCUT2D eigenvalue weighted by atomic mass is 16.5. The summed E-state index contributed by atoms with van der Waals surface area (Å²) in [6.07, 6.45) is 0. The lowest BCUT2D eigenvalue weighted by Gasteiger charge is -1.89. The molecular formula is C7H7NO3. The van der Waals surface area contributed by atoms with Gasteiger partial charge in [-0.15, -0.1) is 0 Å². The highest BCUT2D eigenvalue weighted by Crippen LogP contribution is 2.19. The van der Waals surface area contributed by atoms with Crippen molar-refractivity contribution in [3.8, 4) is 0 Å². The highest BCUT2D eigenvalue weighted by Gasteiger charge is 2.16. The molecule has 4 heteroatoms. The summed E-state index contributed by atoms with van der Waals surface area (Å²) in [4.78, 5) is 13.2. The van der Waals surface area contributed by atoms with Crippen LogP contribution in [0.15, 0.2) is 6.07 Å². The van der Waals surface area contributed by atoms with Crippen molar-refractivity contribution >= 4 is 5.97 Å². The number of nitrogens with one attached hydrogen (secondary N) is 1. The van der Waals surface area contributed by atoms with Crippen LogP contribution in [0.3, 0.4) is 0 Å². The Balaban J connectivity index is 2.42. The predicted molar refractivity (Wildman–Crippen MR) is 36.2 cm³/mol. The maximum absolute atomic E-state index is 10.4. The summed E-state index contributed by atoms with van der Waals surface area (Å²) >= 11 is 0. The number of hydrogen-bond donors (Lipinski definition) is 2. The number of rotatable bonds is 1. The molecule has 0 saturated carbocycles. The van der Waals surface area contributed by atoms with Gasteiger partial charge in [-0.2, -0.15) is 0 Å². The number of fused-ring (bicyclic) bond motifs is 1. The number of aromatic amines is 1. The Kier molecular flexibility index (Phi) is 1.22. The molecule has 58 valence electrons. The van der Waals surface area contributed by atoms with E-state index in [-0.39, 0.29) is 5.69 Å². The quantitative estimate of drug-likeness (QED) is 0.625. The van der Waals surface area contributed by atoms with E-state index in [0.29, 0.717) is 13.2 Å². The Morgan fingerprint density at radius 1 is 1.64 bits per heavy atom. The molecule has 0 bridgehead atoms. The van der Waals surface area contributed by atoms with Gasteiger partial charge in [0.15, 0.2) is 0 Å². The number of carboxylic acids is 1. The van der Waals surface area contributed by atoms with Gasteiger partial charge in [0.25, 0.3) is 0 Å². The average molecular weight is 153 g/mol. The number of carboxylic acid groups (broad SMARTS) is 1. The Morgan fingerprint density at radius 2 is 2.45 bits per heavy atom. The van der Waals surface area contributed by atoms with Gasteiger partial charge in [0, 0.05) is 11.3 Å². The molecule has 0 fully saturated rings. The van der Waals surface area contributed by atoms with Crippen LogP contribution >= 0.6 is 0 Å². The van der Waals surface area contributed by atoms with Crippen LogP contribution in [0.5, 0.6) is 0 Å². The zero-order valence-corrected chi connectivity index (χ0v) is 5.76. The van der Waals surface area contributed by atoms with Crippen LogP contribution in [0.2, 0.25) is 0 Å². The summed E-state index contributed by atoms with van der Waals surface area (Å²) in [5, 5.41) is 8.57. The van der Waals surface area contributed by atoms with E-state index >= 15 is 0 Å². The van der Waals surface area contributed by atoms with Gasteiger partial charge in [-0.1, -0.05) is 0 Å². The molecule has 4 nitrogen and oxygen atoms in total. The Labute approximate surface area is 62.8 Å². The van der Waals surface area contributed by atoms with Gasteiger partial charge < -0.3 is 14.8 Å². The molecule has 2 heterocycles. The first-order valence-electron chi connectivity index (χ1n) is 3.29. The molecule has 2 N–H and O–H groups in total. The van der Waals surface area contributed by atoms with Gasteiger partial charge in [-0.3, -0.25) is 0 Å². The smallest absolute Gasteiger partial charge is 0.352 e. The van der Waals surface area contributed by atoms with Gasteiger partial charge in [-0.25, -0.2) is 4.79 Å². The second kappa shape index (κ2) is 2.10. The van der Waals surface area contributed by atoms with E-state index in [2.05, 4.69) is 4.98 Å². The first kappa shape index (κ1) is 6.42. The maximum atomic E-state index is 10.4. The fourth-order valence-corrected chi connectivity index (χ4v) is 1.18. The summed E-state index contributed by atoms with van der Waals surface area (Å²) in [5.74, 6) is -0.917. The zero-order chi connectivity index (χ0) is 7.84. The number of ether oxygens (including phenoxy) is 1. The topological polar surface area (TPSA) is 62.3 Å². The lowest BCUT2D eigenvalue weighted by molar-refractivity contribution is 0.0689. The summed E-state index contributed by atoms with van der Waals surface area (Å²) in [5.41, 5.74) is 2.10. The van der Waals surface area contributed by atoms with E-state index in [9.17, 15) is 4.79 Å². The van der Waals surface area contributed by atoms with Crippen molar-refractivity contribution in [2.45, 2.75) is 13.2 Å². The second-order valence-corrected chi connectivity index (χ2v) is 2.48. The van der Waals surface area contributed by atoms with Crippen molar-refractivity contribution in [3.05, 3.63) is 23.0 Å². The first-order chi connectivity index (χ1) is 5.27. The number of H-pyrrole nitrogens is 1. The van der Waals surface area contributed by atoms with Crippen LogP contribution < -0.4 is 0 Å². The largest absolute Gasteiger partial charge is 0.477 e. The molecule has 1 aliphatic rings. The molecule has 0 amide bonds. The minimum atomic E-state index is -0.917. The molecule has 2 rings (SSSR count). The lowest BCUT2D eigenvalue weighted by atomic mass is 10.3. The van der Waals surface area contributed by atoms with Crippen LogP contribution in [-0.4, -0.2) is 16.1 Å². The third-order valence-electron chi connectivity index (χ3n) is 1.73. The minimum absolute atomic E-state index is 0.248. The predicted octanol–water partition coefficient (Wildman–Crippen LogP) is 0.743. The fourth-order valence-electron chi connectivity index (χ4n) is 1.18. The maximum Gasteiger partial charge on any atom is 0.352 e. The Morgan fingerprint density at radius 3 is 3.09 bits per heavy atom. The van der Waals surface area contributed by atoms with Crippen LogP contribution in [0.25, 0.3) is 0 Å². The molecule has 0 saturated heterocycles. The van der Waals surface area contributed by atoms with Crippen molar-refractivity contribution in [2.75, 3.05) is 0 Å². The van der Waals surface area contributed by atoms with E-state index in [4.69, 9.17) is 9.84 Å². The van der Waals surface area contributed by atoms with Gasteiger partial charge in [0.1, 0.15) is 5.69 Å². The summed E-state index contributed by atoms with van der Waals surface area (Å²) in [6, 6.07) is 1.62. The molecule has 0 radical (unpaired) electrons. The molecule has 0 spiro atoms. The van der Waals surface area contributed by atoms with Crippen molar-refractivity contribution in [1.82, 2.24) is 4.98 Å². The van der Waals surface area contributed by atoms with Crippen LogP contribution in [-0.2, 0) is 18.0 Å². The molecular weight excluding hydrogens is 146 g/mol. The third-order valence-corrected chi connectivity index (χ3v) is 1.73. The van der Waals surface area contributed by atoms with E-state index in [1.54, 1.807) is 6.07 Å². The van der Waals surface area contributed by atoms with Crippen molar-refractivity contribution in [2.24, 2.45) is 0 Å². The van der Waals surface area contributed by atoms with Crippen molar-refractivity contribution in [3.63, 3.8) is 0 Å². The van der Waals surface area contributed by atoms with Gasteiger partial charge >= 0.3 is 5.97 Å². The van der Waals surface area contributed by atoms with Gasteiger partial charge in [0.05, 0.1) is 13.2 Å². The van der Waals surface area contributed by atoms with Crippen molar-refractivity contribution in [1.29, 1.82) is 0 Å². The second-order valence-electron chi connectivity index (χ2n) is 2.48. The average Bonchev–Trinajstić information content (AvgIpc) is 2.40. The monoisotopic (exact) mass is 153 g/mol. The molecule has 11 heavy (non-hydrogen) atoms. The highest BCUT2D eigenvalue weighted by molar-refractivity contribution is 5.86. The molecule has 0 aromatic carbocycles. The Bertz CT molecular complexity index is 281. The number of aromatic carboxylic acids is 1. The molecule has 0 aliphatic carbocycles. The first-order valence-corrected chi connectivity index (χ1v) is 3.29. The standard InChI is InChI=1S/C7H7NO3/c9-7(10)5-1-4-2-11-3-6(4)8-5/h1,8H,2-3H2,(H,9,10). The summed E-state index contributed by atoms with van der Waals surface area (Å²) in [7, 11) is 0. The molecule has 1 aromatic heterocycles. The zero-order valence-electron chi connectivity index (χ0n) is 5.76. The molecule has 1 aromatic rings. The minimum Gasteiger partial charge on any atom is -0.477 e. The molecule has 1 aliphatic heterocycles. The van der Waals surface area contributed by atoms with Crippen molar-refractivity contribution < 1.29 is 14.6 Å². The molecule has 0 unspecified atom stereocenters. The van der Waals surface area contributed by atoms with Gasteiger partial charge in [0.2, 0.25) is 0 Å². The Hall–Kier alpha value is -1.29. The number of hydrogen-bond acceptors (Lipinski definition) is 2. The number of carbonyl (C=O) groups is 1. The SMILES string of the molecule is O=C(O)c1cc2c([nH]1)COC2. The van der Waals surface area contributed by atoms with Crippen LogP contribution in [0, 0.1) is 0 Å². The van der Waals surface area contributed by atoms with Crippen LogP contribution in [0.4, 0.5) is 0 Å². The summed E-state index contributed by atoms with van der Waals surface area (Å²) < 4.78 is 5.07. The lowest BCUT2D eigenvalue weighted by Crippen LogP contribution is -1.96. The van der Waals surface area contributed by atoms with E-state index in [1.165, 1.54) is 0 Å². The summed E-state index contributed by atoms with van der Waals surface area (Å²) in [6.45, 7) is 1.03. The van der Waals surface area contributed by atoms with E-state index in [1.807, 2.05) is 0 Å².